The summed E-state index contributed by atoms with van der Waals surface area (Å²) in [6, 6.07) is 20.7. The first-order valence-corrected chi connectivity index (χ1v) is 11.8. The largest absolute Gasteiger partial charge is 0.507 e. The van der Waals surface area contributed by atoms with Crippen LogP contribution < -0.4 is 14.4 Å². The van der Waals surface area contributed by atoms with Gasteiger partial charge in [0.15, 0.2) is 0 Å². The van der Waals surface area contributed by atoms with E-state index in [0.29, 0.717) is 34.9 Å². The number of ketones is 1. The number of benzene rings is 3. The van der Waals surface area contributed by atoms with Gasteiger partial charge in [-0.3, -0.25) is 14.5 Å². The highest BCUT2D eigenvalue weighted by molar-refractivity contribution is 6.51. The third-order valence-corrected chi connectivity index (χ3v) is 6.08. The average Bonchev–Trinajstić information content (AvgIpc) is 3.17. The van der Waals surface area contributed by atoms with Gasteiger partial charge in [0.1, 0.15) is 17.3 Å². The number of carbonyl (C=O) groups excluding carboxylic acids is 2. The minimum atomic E-state index is -0.876. The molecule has 0 spiro atoms. The molecule has 3 aromatic carbocycles. The number of methoxy groups -OCH3 is 1. The molecule has 1 aliphatic heterocycles. The van der Waals surface area contributed by atoms with Crippen LogP contribution in [-0.4, -0.2) is 30.5 Å². The van der Waals surface area contributed by atoms with Crippen molar-refractivity contribution in [3.63, 3.8) is 0 Å². The van der Waals surface area contributed by atoms with Gasteiger partial charge in [-0.05, 0) is 36.6 Å². The minimum absolute atomic E-state index is 0.0172. The van der Waals surface area contributed by atoms with Crippen molar-refractivity contribution in [1.29, 1.82) is 0 Å². The standard InChI is InChI=1S/C29H29NO5/c1-4-17-35-22-10-8-9-21(18-22)30-26(23-11-6-7-12-24(23)34-3)25(28(32)29(30)33)27(31)20-15-13-19(5-2)14-16-20/h6-16,18,26,31H,4-5,17H2,1-3H3/b27-25+. The van der Waals surface area contributed by atoms with Crippen LogP contribution >= 0.6 is 0 Å². The number of ether oxygens (including phenoxy) is 2. The number of anilines is 1. The summed E-state index contributed by atoms with van der Waals surface area (Å²) in [7, 11) is 1.54. The predicted octanol–water partition coefficient (Wildman–Crippen LogP) is 5.67. The molecule has 0 bridgehead atoms. The van der Waals surface area contributed by atoms with E-state index in [1.807, 2.05) is 44.2 Å². The first-order chi connectivity index (χ1) is 17.0. The van der Waals surface area contributed by atoms with Gasteiger partial charge in [0.25, 0.3) is 11.7 Å². The van der Waals surface area contributed by atoms with E-state index in [4.69, 9.17) is 9.47 Å². The first kappa shape index (κ1) is 24.1. The molecule has 1 saturated heterocycles. The zero-order chi connectivity index (χ0) is 24.9. The SMILES string of the molecule is CCCOc1cccc(N2C(=O)C(=O)/C(=C(/O)c3ccc(CC)cc3)C2c2ccccc2OC)c1. The number of hydrogen-bond acceptors (Lipinski definition) is 5. The number of para-hydroxylation sites is 1. The van der Waals surface area contributed by atoms with Crippen LogP contribution in [0.15, 0.2) is 78.4 Å². The van der Waals surface area contributed by atoms with Gasteiger partial charge in [-0.2, -0.15) is 0 Å². The Morgan fingerprint density at radius 1 is 0.971 bits per heavy atom. The number of aliphatic hydroxyl groups is 1. The molecule has 35 heavy (non-hydrogen) atoms. The van der Waals surface area contributed by atoms with Crippen LogP contribution in [0.5, 0.6) is 11.5 Å². The van der Waals surface area contributed by atoms with E-state index < -0.39 is 17.7 Å². The Balaban J connectivity index is 1.91. The van der Waals surface area contributed by atoms with Gasteiger partial charge in [0.05, 0.1) is 25.3 Å². The third kappa shape index (κ3) is 4.64. The lowest BCUT2D eigenvalue weighted by atomic mass is 9.94. The second-order valence-electron chi connectivity index (χ2n) is 8.31. The second kappa shape index (κ2) is 10.5. The first-order valence-electron chi connectivity index (χ1n) is 11.8. The molecule has 1 aliphatic rings. The van der Waals surface area contributed by atoms with E-state index in [2.05, 4.69) is 0 Å². The molecule has 1 amide bonds. The normalized spacial score (nSPS) is 17.0. The van der Waals surface area contributed by atoms with Gasteiger partial charge in [0, 0.05) is 22.9 Å². The van der Waals surface area contributed by atoms with Crippen LogP contribution in [0.1, 0.15) is 43.0 Å². The lowest BCUT2D eigenvalue weighted by molar-refractivity contribution is -0.132. The molecule has 180 valence electrons. The van der Waals surface area contributed by atoms with E-state index >= 15 is 0 Å². The summed E-state index contributed by atoms with van der Waals surface area (Å²) in [5, 5.41) is 11.3. The van der Waals surface area contributed by atoms with E-state index in [9.17, 15) is 14.7 Å². The van der Waals surface area contributed by atoms with E-state index in [-0.39, 0.29) is 11.3 Å². The molecule has 1 fully saturated rings. The fourth-order valence-electron chi connectivity index (χ4n) is 4.28. The van der Waals surface area contributed by atoms with Gasteiger partial charge in [0.2, 0.25) is 0 Å². The number of carbonyl (C=O) groups is 2. The summed E-state index contributed by atoms with van der Waals surface area (Å²) in [4.78, 5) is 28.2. The molecule has 0 saturated carbocycles. The second-order valence-corrected chi connectivity index (χ2v) is 8.31. The number of Topliss-reactive ketones (excluding diaryl/α,β-unsaturated/α-hetero) is 1. The maximum Gasteiger partial charge on any atom is 0.300 e. The number of rotatable bonds is 8. The Morgan fingerprint density at radius 3 is 2.40 bits per heavy atom. The van der Waals surface area contributed by atoms with Crippen LogP contribution in [0.3, 0.4) is 0 Å². The topological polar surface area (TPSA) is 76.1 Å². The van der Waals surface area contributed by atoms with Crippen molar-refractivity contribution < 1.29 is 24.2 Å². The molecule has 3 aromatic rings. The van der Waals surface area contributed by atoms with Gasteiger partial charge >= 0.3 is 0 Å². The molecular weight excluding hydrogens is 442 g/mol. The predicted molar refractivity (Wildman–Crippen MR) is 136 cm³/mol. The highest BCUT2D eigenvalue weighted by atomic mass is 16.5. The maximum atomic E-state index is 13.4. The van der Waals surface area contributed by atoms with Gasteiger partial charge in [-0.25, -0.2) is 0 Å². The Bertz CT molecular complexity index is 1260. The highest BCUT2D eigenvalue weighted by Gasteiger charge is 2.48. The van der Waals surface area contributed by atoms with Crippen molar-refractivity contribution in [2.24, 2.45) is 0 Å². The number of aryl methyl sites for hydroxylation is 1. The van der Waals surface area contributed by atoms with Crippen molar-refractivity contribution in [3.8, 4) is 11.5 Å². The number of hydrogen-bond donors (Lipinski definition) is 1. The third-order valence-electron chi connectivity index (χ3n) is 6.08. The molecule has 1 atom stereocenters. The zero-order valence-corrected chi connectivity index (χ0v) is 20.2. The molecule has 0 aliphatic carbocycles. The summed E-state index contributed by atoms with van der Waals surface area (Å²) >= 11 is 0. The number of aliphatic hydroxyl groups excluding tert-OH is 1. The van der Waals surface area contributed by atoms with Crippen molar-refractivity contribution in [2.45, 2.75) is 32.7 Å². The van der Waals surface area contributed by atoms with Crippen LogP contribution in [0.4, 0.5) is 5.69 Å². The highest BCUT2D eigenvalue weighted by Crippen LogP contribution is 2.45. The molecule has 0 aromatic heterocycles. The van der Waals surface area contributed by atoms with Crippen LogP contribution in [0.2, 0.25) is 0 Å². The summed E-state index contributed by atoms with van der Waals surface area (Å²) < 4.78 is 11.3. The number of amides is 1. The summed E-state index contributed by atoms with van der Waals surface area (Å²) in [6.45, 7) is 4.59. The molecule has 1 heterocycles. The Hall–Kier alpha value is -4.06. The summed E-state index contributed by atoms with van der Waals surface area (Å²) in [5.74, 6) is -0.587. The summed E-state index contributed by atoms with van der Waals surface area (Å²) in [5.41, 5.74) is 2.69. The molecule has 0 radical (unpaired) electrons. The molecule has 6 heteroatoms. The van der Waals surface area contributed by atoms with Gasteiger partial charge in [-0.1, -0.05) is 62.4 Å². The Kier molecular flexibility index (Phi) is 7.20. The molecule has 4 rings (SSSR count). The molecule has 1 unspecified atom stereocenters. The zero-order valence-electron chi connectivity index (χ0n) is 20.2. The maximum absolute atomic E-state index is 13.4. The molecular formula is C29H29NO5. The molecule has 6 nitrogen and oxygen atoms in total. The minimum Gasteiger partial charge on any atom is -0.507 e. The Morgan fingerprint density at radius 2 is 1.71 bits per heavy atom. The lowest BCUT2D eigenvalue weighted by Gasteiger charge is -2.27. The van der Waals surface area contributed by atoms with Crippen LogP contribution in [-0.2, 0) is 16.0 Å². The smallest absolute Gasteiger partial charge is 0.300 e. The van der Waals surface area contributed by atoms with Crippen LogP contribution in [0.25, 0.3) is 5.76 Å². The van der Waals surface area contributed by atoms with Crippen LogP contribution in [0, 0.1) is 0 Å². The van der Waals surface area contributed by atoms with Crippen molar-refractivity contribution in [3.05, 3.63) is 95.1 Å². The van der Waals surface area contributed by atoms with Gasteiger partial charge in [-0.15, -0.1) is 0 Å². The fraction of sp³-hybridized carbons (Fsp3) is 0.241. The van der Waals surface area contributed by atoms with Gasteiger partial charge < -0.3 is 14.6 Å². The fourth-order valence-corrected chi connectivity index (χ4v) is 4.28. The van der Waals surface area contributed by atoms with Crippen molar-refractivity contribution in [1.82, 2.24) is 0 Å². The summed E-state index contributed by atoms with van der Waals surface area (Å²) in [6.07, 6.45) is 1.69. The van der Waals surface area contributed by atoms with E-state index in [1.54, 1.807) is 42.5 Å². The van der Waals surface area contributed by atoms with Crippen molar-refractivity contribution in [2.75, 3.05) is 18.6 Å². The van der Waals surface area contributed by atoms with Crippen molar-refractivity contribution >= 4 is 23.1 Å². The van der Waals surface area contributed by atoms with E-state index in [1.165, 1.54) is 12.0 Å². The Labute approximate surface area is 205 Å². The lowest BCUT2D eigenvalue weighted by Crippen LogP contribution is -2.29. The van der Waals surface area contributed by atoms with E-state index in [0.717, 1.165) is 18.4 Å². The quantitative estimate of drug-likeness (QED) is 0.260. The molecule has 1 N–H and O–H groups in total. The number of nitrogens with zero attached hydrogens (tertiary/aromatic N) is 1. The monoisotopic (exact) mass is 471 g/mol. The average molecular weight is 472 g/mol.